The molecule has 1 aliphatic rings. The van der Waals surface area contributed by atoms with Crippen LogP contribution >= 0.6 is 11.6 Å². The summed E-state index contributed by atoms with van der Waals surface area (Å²) >= 11 is 6.39. The third-order valence-electron chi connectivity index (χ3n) is 4.34. The molecule has 0 bridgehead atoms. The first-order valence-corrected chi connectivity index (χ1v) is 9.54. The highest BCUT2D eigenvalue weighted by molar-refractivity contribution is 6.31. The third kappa shape index (κ3) is 4.63. The van der Waals surface area contributed by atoms with Gasteiger partial charge in [-0.3, -0.25) is 9.48 Å². The Morgan fingerprint density at radius 3 is 3.00 bits per heavy atom. The maximum atomic E-state index is 12.2. The fourth-order valence-corrected chi connectivity index (χ4v) is 3.21. The molecule has 2 heterocycles. The van der Waals surface area contributed by atoms with E-state index in [9.17, 15) is 4.79 Å². The lowest BCUT2D eigenvalue weighted by Gasteiger charge is -2.20. The second kappa shape index (κ2) is 8.95. The van der Waals surface area contributed by atoms with Crippen LogP contribution in [0.4, 0.5) is 0 Å². The van der Waals surface area contributed by atoms with Crippen molar-refractivity contribution in [3.8, 4) is 11.5 Å². The van der Waals surface area contributed by atoms with Crippen LogP contribution in [0.15, 0.2) is 24.3 Å². The topological polar surface area (TPSA) is 65.4 Å². The summed E-state index contributed by atoms with van der Waals surface area (Å²) in [4.78, 5) is 12.2. The highest BCUT2D eigenvalue weighted by Gasteiger charge is 2.16. The van der Waals surface area contributed by atoms with E-state index < -0.39 is 0 Å². The predicted octanol–water partition coefficient (Wildman–Crippen LogP) is 3.75. The number of halogens is 1. The first kappa shape index (κ1) is 19.3. The van der Waals surface area contributed by atoms with E-state index in [1.54, 1.807) is 10.8 Å². The monoisotopic (exact) mass is 389 g/mol. The number of carbonyl (C=O) groups excluding carboxylic acids is 1. The molecule has 0 aliphatic carbocycles. The SMILES string of the molecule is CCCCn1nc(C)c(/C=C/C(=O)NCc2cccc3c2OCCO3)c1Cl. The highest BCUT2D eigenvalue weighted by atomic mass is 35.5. The summed E-state index contributed by atoms with van der Waals surface area (Å²) < 4.78 is 13.0. The molecule has 0 atom stereocenters. The van der Waals surface area contributed by atoms with Gasteiger partial charge >= 0.3 is 0 Å². The fourth-order valence-electron chi connectivity index (χ4n) is 2.89. The Balaban J connectivity index is 1.62. The van der Waals surface area contributed by atoms with Gasteiger partial charge in [0.15, 0.2) is 11.5 Å². The normalized spacial score (nSPS) is 13.1. The molecule has 0 spiro atoms. The van der Waals surface area contributed by atoms with Crippen molar-refractivity contribution in [1.29, 1.82) is 0 Å². The van der Waals surface area contributed by atoms with Crippen molar-refractivity contribution in [3.63, 3.8) is 0 Å². The van der Waals surface area contributed by atoms with Crippen molar-refractivity contribution in [2.45, 2.75) is 39.8 Å². The molecule has 144 valence electrons. The lowest BCUT2D eigenvalue weighted by Crippen LogP contribution is -2.22. The number of carbonyl (C=O) groups is 1. The van der Waals surface area contributed by atoms with E-state index in [1.807, 2.05) is 25.1 Å². The third-order valence-corrected chi connectivity index (χ3v) is 4.73. The van der Waals surface area contributed by atoms with Crippen molar-refractivity contribution in [2.24, 2.45) is 0 Å². The zero-order valence-corrected chi connectivity index (χ0v) is 16.4. The first-order chi connectivity index (χ1) is 13.1. The van der Waals surface area contributed by atoms with E-state index in [4.69, 9.17) is 21.1 Å². The number of rotatable bonds is 7. The molecular formula is C20H24ClN3O3. The lowest BCUT2D eigenvalue weighted by molar-refractivity contribution is -0.116. The fraction of sp³-hybridized carbons (Fsp3) is 0.400. The molecule has 1 aromatic carbocycles. The van der Waals surface area contributed by atoms with Gasteiger partial charge in [0, 0.05) is 30.3 Å². The van der Waals surface area contributed by atoms with Crippen LogP contribution < -0.4 is 14.8 Å². The summed E-state index contributed by atoms with van der Waals surface area (Å²) in [6, 6.07) is 5.66. The number of para-hydroxylation sites is 1. The second-order valence-electron chi connectivity index (χ2n) is 6.36. The van der Waals surface area contributed by atoms with Crippen LogP contribution in [-0.4, -0.2) is 28.9 Å². The molecule has 27 heavy (non-hydrogen) atoms. The number of hydrogen-bond donors (Lipinski definition) is 1. The number of aryl methyl sites for hydroxylation is 2. The molecule has 1 N–H and O–H groups in total. The molecule has 0 radical (unpaired) electrons. The van der Waals surface area contributed by atoms with Gasteiger partial charge in [-0.1, -0.05) is 37.1 Å². The zero-order chi connectivity index (χ0) is 19.2. The average molecular weight is 390 g/mol. The molecule has 0 saturated carbocycles. The number of nitrogens with one attached hydrogen (secondary N) is 1. The average Bonchev–Trinajstić information content (AvgIpc) is 2.96. The van der Waals surface area contributed by atoms with Crippen molar-refractivity contribution in [1.82, 2.24) is 15.1 Å². The van der Waals surface area contributed by atoms with E-state index >= 15 is 0 Å². The minimum absolute atomic E-state index is 0.207. The van der Waals surface area contributed by atoms with Gasteiger partial charge in [-0.15, -0.1) is 0 Å². The summed E-state index contributed by atoms with van der Waals surface area (Å²) in [5.41, 5.74) is 2.47. The number of nitrogens with zero attached hydrogens (tertiary/aromatic N) is 2. The van der Waals surface area contributed by atoms with Gasteiger partial charge in [0.1, 0.15) is 18.4 Å². The van der Waals surface area contributed by atoms with Crippen LogP contribution in [0, 0.1) is 6.92 Å². The van der Waals surface area contributed by atoms with Crippen LogP contribution in [0.2, 0.25) is 5.15 Å². The van der Waals surface area contributed by atoms with E-state index in [1.165, 1.54) is 6.08 Å². The molecular weight excluding hydrogens is 366 g/mol. The Bertz CT molecular complexity index is 845. The molecule has 1 amide bonds. The van der Waals surface area contributed by atoms with Crippen LogP contribution in [0.3, 0.4) is 0 Å². The Morgan fingerprint density at radius 2 is 2.19 bits per heavy atom. The van der Waals surface area contributed by atoms with Crippen molar-refractivity contribution in [2.75, 3.05) is 13.2 Å². The zero-order valence-electron chi connectivity index (χ0n) is 15.6. The lowest BCUT2D eigenvalue weighted by atomic mass is 10.1. The highest BCUT2D eigenvalue weighted by Crippen LogP contribution is 2.33. The van der Waals surface area contributed by atoms with E-state index in [0.717, 1.165) is 36.2 Å². The van der Waals surface area contributed by atoms with Gasteiger partial charge in [-0.05, 0) is 25.5 Å². The van der Waals surface area contributed by atoms with Gasteiger partial charge < -0.3 is 14.8 Å². The number of benzene rings is 1. The van der Waals surface area contributed by atoms with Crippen molar-refractivity contribution in [3.05, 3.63) is 46.2 Å². The van der Waals surface area contributed by atoms with Gasteiger partial charge in [0.2, 0.25) is 5.91 Å². The van der Waals surface area contributed by atoms with Crippen molar-refractivity contribution < 1.29 is 14.3 Å². The standard InChI is InChI=1S/C20H24ClN3O3/c1-3-4-10-24-20(21)16(14(2)23-24)8-9-18(25)22-13-15-6-5-7-17-19(15)27-12-11-26-17/h5-9H,3-4,10-13H2,1-2H3,(H,22,25)/b9-8+. The predicted molar refractivity (Wildman–Crippen MR) is 105 cm³/mol. The first-order valence-electron chi connectivity index (χ1n) is 9.16. The summed E-state index contributed by atoms with van der Waals surface area (Å²) in [6.45, 7) is 6.20. The Hall–Kier alpha value is -2.47. The summed E-state index contributed by atoms with van der Waals surface area (Å²) in [5, 5.41) is 7.87. The van der Waals surface area contributed by atoms with E-state index in [2.05, 4.69) is 17.3 Å². The molecule has 7 heteroatoms. The number of fused-ring (bicyclic) bond motifs is 1. The van der Waals surface area contributed by atoms with Gasteiger partial charge in [0.25, 0.3) is 0 Å². The van der Waals surface area contributed by atoms with Crippen LogP contribution in [0.1, 0.15) is 36.6 Å². The molecule has 0 saturated heterocycles. The summed E-state index contributed by atoms with van der Waals surface area (Å²) in [7, 11) is 0. The Labute approximate surface area is 164 Å². The minimum Gasteiger partial charge on any atom is -0.486 e. The Morgan fingerprint density at radius 1 is 1.37 bits per heavy atom. The van der Waals surface area contributed by atoms with Crippen LogP contribution in [-0.2, 0) is 17.9 Å². The quantitative estimate of drug-likeness (QED) is 0.732. The number of aromatic nitrogens is 2. The number of ether oxygens (including phenoxy) is 2. The smallest absolute Gasteiger partial charge is 0.244 e. The molecule has 0 fully saturated rings. The maximum Gasteiger partial charge on any atom is 0.244 e. The maximum absolute atomic E-state index is 12.2. The molecule has 3 rings (SSSR count). The van der Waals surface area contributed by atoms with E-state index in [0.29, 0.717) is 36.4 Å². The van der Waals surface area contributed by atoms with Crippen molar-refractivity contribution >= 4 is 23.6 Å². The number of amides is 1. The molecule has 1 aliphatic heterocycles. The number of hydrogen-bond acceptors (Lipinski definition) is 4. The van der Waals surface area contributed by atoms with Crippen LogP contribution in [0.5, 0.6) is 11.5 Å². The minimum atomic E-state index is -0.207. The Kier molecular flexibility index (Phi) is 6.40. The number of unbranched alkanes of at least 4 members (excludes halogenated alkanes) is 1. The molecule has 2 aromatic rings. The second-order valence-corrected chi connectivity index (χ2v) is 6.72. The largest absolute Gasteiger partial charge is 0.486 e. The van der Waals surface area contributed by atoms with Gasteiger partial charge in [-0.2, -0.15) is 5.10 Å². The van der Waals surface area contributed by atoms with Gasteiger partial charge in [-0.25, -0.2) is 0 Å². The van der Waals surface area contributed by atoms with Gasteiger partial charge in [0.05, 0.1) is 5.69 Å². The van der Waals surface area contributed by atoms with E-state index in [-0.39, 0.29) is 5.91 Å². The molecule has 0 unspecified atom stereocenters. The summed E-state index contributed by atoms with van der Waals surface area (Å²) in [6.07, 6.45) is 5.27. The molecule has 1 aromatic heterocycles. The molecule has 6 nitrogen and oxygen atoms in total. The van der Waals surface area contributed by atoms with Crippen LogP contribution in [0.25, 0.3) is 6.08 Å². The summed E-state index contributed by atoms with van der Waals surface area (Å²) in [5.74, 6) is 1.20.